The van der Waals surface area contributed by atoms with Gasteiger partial charge >= 0.3 is 0 Å². The number of nitrogens with zero attached hydrogens (tertiary/aromatic N) is 3. The van der Waals surface area contributed by atoms with E-state index in [0.29, 0.717) is 10.9 Å². The molecule has 0 saturated heterocycles. The van der Waals surface area contributed by atoms with Crippen LogP contribution < -0.4 is 0 Å². The molecule has 2 aromatic rings. The van der Waals surface area contributed by atoms with E-state index in [-0.39, 0.29) is 11.8 Å². The van der Waals surface area contributed by atoms with E-state index in [1.165, 1.54) is 12.8 Å². The Hall–Kier alpha value is -2.12. The summed E-state index contributed by atoms with van der Waals surface area (Å²) in [6, 6.07) is 10.3. The molecular formula is C18H17ClN4. The number of hydrogen-bond donors (Lipinski definition) is 1. The summed E-state index contributed by atoms with van der Waals surface area (Å²) < 4.78 is 0. The van der Waals surface area contributed by atoms with Crippen molar-refractivity contribution in [2.24, 2.45) is 16.8 Å². The number of nitriles is 1. The van der Waals surface area contributed by atoms with Crippen molar-refractivity contribution in [3.63, 3.8) is 0 Å². The molecule has 2 atom stereocenters. The standard InChI is InChI=1S/C18H17ClN4/c19-15-8-4-3-7-12(15)16-13(9-20)17(11-5-1-2-6-11)22-18-14(16)10-21-23-18/h3-4,7-8,10-11,13,16H,1-2,5-6H2,(H,21,23). The van der Waals surface area contributed by atoms with Gasteiger partial charge in [0.25, 0.3) is 0 Å². The third kappa shape index (κ3) is 2.36. The predicted molar refractivity (Wildman–Crippen MR) is 90.0 cm³/mol. The fourth-order valence-corrected chi connectivity index (χ4v) is 4.19. The first-order chi connectivity index (χ1) is 11.3. The lowest BCUT2D eigenvalue weighted by atomic mass is 9.74. The van der Waals surface area contributed by atoms with E-state index in [0.717, 1.165) is 35.5 Å². The Balaban J connectivity index is 1.87. The first kappa shape index (κ1) is 14.5. The largest absolute Gasteiger partial charge is 0.261 e. The number of aromatic amines is 1. The van der Waals surface area contributed by atoms with Crippen molar-refractivity contribution >= 4 is 23.1 Å². The molecule has 0 bridgehead atoms. The Morgan fingerprint density at radius 2 is 1.96 bits per heavy atom. The second-order valence-corrected chi connectivity index (χ2v) is 6.71. The Morgan fingerprint density at radius 1 is 1.17 bits per heavy atom. The van der Waals surface area contributed by atoms with Gasteiger partial charge in [0.15, 0.2) is 5.82 Å². The van der Waals surface area contributed by atoms with Gasteiger partial charge in [-0.1, -0.05) is 42.6 Å². The first-order valence-corrected chi connectivity index (χ1v) is 8.43. The minimum Gasteiger partial charge on any atom is -0.261 e. The van der Waals surface area contributed by atoms with E-state index in [9.17, 15) is 5.26 Å². The maximum atomic E-state index is 9.90. The molecule has 1 aromatic carbocycles. The Bertz CT molecular complexity index is 795. The quantitative estimate of drug-likeness (QED) is 0.876. The molecule has 2 aliphatic rings. The van der Waals surface area contributed by atoms with Crippen LogP contribution in [0.25, 0.3) is 0 Å². The SMILES string of the molecule is N#CC1C(C2CCCC2)=Nc2[nH]ncc2C1c1ccccc1Cl. The summed E-state index contributed by atoms with van der Waals surface area (Å²) in [7, 11) is 0. The van der Waals surface area contributed by atoms with Crippen LogP contribution in [0.3, 0.4) is 0 Å². The average molecular weight is 325 g/mol. The molecule has 1 aromatic heterocycles. The van der Waals surface area contributed by atoms with Crippen molar-refractivity contribution in [1.82, 2.24) is 10.2 Å². The van der Waals surface area contributed by atoms with Gasteiger partial charge in [-0.05, 0) is 30.4 Å². The van der Waals surface area contributed by atoms with Gasteiger partial charge in [-0.2, -0.15) is 10.4 Å². The van der Waals surface area contributed by atoms with Gasteiger partial charge in [0.1, 0.15) is 0 Å². The van der Waals surface area contributed by atoms with E-state index in [2.05, 4.69) is 16.3 Å². The third-order valence-electron chi connectivity index (χ3n) is 5.03. The molecule has 1 aliphatic heterocycles. The highest BCUT2D eigenvalue weighted by Gasteiger charge is 2.40. The molecule has 1 saturated carbocycles. The lowest BCUT2D eigenvalue weighted by Gasteiger charge is -2.30. The zero-order valence-corrected chi connectivity index (χ0v) is 13.4. The normalized spacial score (nSPS) is 24.1. The van der Waals surface area contributed by atoms with E-state index in [1.807, 2.05) is 24.3 Å². The molecule has 1 fully saturated rings. The molecule has 116 valence electrons. The molecule has 4 nitrogen and oxygen atoms in total. The van der Waals surface area contributed by atoms with Crippen molar-refractivity contribution in [3.8, 4) is 6.07 Å². The summed E-state index contributed by atoms with van der Waals surface area (Å²) in [6.07, 6.45) is 6.46. The van der Waals surface area contributed by atoms with Crippen LogP contribution in [0.2, 0.25) is 5.02 Å². The van der Waals surface area contributed by atoms with Gasteiger partial charge in [0.05, 0.1) is 18.2 Å². The van der Waals surface area contributed by atoms with Crippen LogP contribution in [0.5, 0.6) is 0 Å². The van der Waals surface area contributed by atoms with Gasteiger partial charge in [-0.3, -0.25) is 5.10 Å². The maximum Gasteiger partial charge on any atom is 0.151 e. The van der Waals surface area contributed by atoms with E-state index >= 15 is 0 Å². The summed E-state index contributed by atoms with van der Waals surface area (Å²) in [6.45, 7) is 0. The fraction of sp³-hybridized carbons (Fsp3) is 0.389. The van der Waals surface area contributed by atoms with Gasteiger partial charge in [-0.25, -0.2) is 4.99 Å². The van der Waals surface area contributed by atoms with Crippen LogP contribution in [0, 0.1) is 23.2 Å². The highest BCUT2D eigenvalue weighted by atomic mass is 35.5. The molecule has 1 aliphatic carbocycles. The van der Waals surface area contributed by atoms with E-state index in [4.69, 9.17) is 16.6 Å². The second kappa shape index (κ2) is 5.82. The van der Waals surface area contributed by atoms with Crippen molar-refractivity contribution in [3.05, 3.63) is 46.6 Å². The number of halogens is 1. The summed E-state index contributed by atoms with van der Waals surface area (Å²) in [5.74, 6) is 0.808. The molecular weight excluding hydrogens is 308 g/mol. The minimum absolute atomic E-state index is 0.101. The van der Waals surface area contributed by atoms with Crippen LogP contribution in [-0.4, -0.2) is 15.9 Å². The monoisotopic (exact) mass is 324 g/mol. The number of benzene rings is 1. The number of H-pyrrole nitrogens is 1. The van der Waals surface area contributed by atoms with Crippen LogP contribution in [0.15, 0.2) is 35.5 Å². The summed E-state index contributed by atoms with van der Waals surface area (Å²) in [4.78, 5) is 4.78. The van der Waals surface area contributed by atoms with Crippen LogP contribution in [0.1, 0.15) is 42.7 Å². The third-order valence-corrected chi connectivity index (χ3v) is 5.37. The average Bonchev–Trinajstić information content (AvgIpc) is 3.25. The number of aliphatic imine (C=N–C) groups is 1. The summed E-state index contributed by atoms with van der Waals surface area (Å²) >= 11 is 6.44. The minimum atomic E-state index is -0.275. The lowest BCUT2D eigenvalue weighted by Crippen LogP contribution is -2.30. The van der Waals surface area contributed by atoms with Gasteiger partial charge in [0, 0.05) is 22.2 Å². The van der Waals surface area contributed by atoms with Gasteiger partial charge in [0.2, 0.25) is 0 Å². The van der Waals surface area contributed by atoms with Crippen molar-refractivity contribution in [2.45, 2.75) is 31.6 Å². The fourth-order valence-electron chi connectivity index (χ4n) is 3.94. The summed E-state index contributed by atoms with van der Waals surface area (Å²) in [5.41, 5.74) is 2.95. The molecule has 1 N–H and O–H groups in total. The van der Waals surface area contributed by atoms with Crippen LogP contribution in [-0.2, 0) is 0 Å². The van der Waals surface area contributed by atoms with Crippen LogP contribution in [0.4, 0.5) is 5.82 Å². The van der Waals surface area contributed by atoms with E-state index < -0.39 is 0 Å². The molecule has 5 heteroatoms. The first-order valence-electron chi connectivity index (χ1n) is 8.05. The number of rotatable bonds is 2. The van der Waals surface area contributed by atoms with Crippen molar-refractivity contribution in [2.75, 3.05) is 0 Å². The van der Waals surface area contributed by atoms with Gasteiger partial charge < -0.3 is 0 Å². The number of nitrogens with one attached hydrogen (secondary N) is 1. The lowest BCUT2D eigenvalue weighted by molar-refractivity contribution is 0.631. The molecule has 0 spiro atoms. The number of hydrogen-bond acceptors (Lipinski definition) is 3. The Morgan fingerprint density at radius 3 is 2.70 bits per heavy atom. The number of fused-ring (bicyclic) bond motifs is 1. The molecule has 23 heavy (non-hydrogen) atoms. The zero-order chi connectivity index (χ0) is 15.8. The number of aromatic nitrogens is 2. The summed E-state index contributed by atoms with van der Waals surface area (Å²) in [5, 5.41) is 17.7. The molecule has 2 heterocycles. The van der Waals surface area contributed by atoms with Gasteiger partial charge in [-0.15, -0.1) is 0 Å². The van der Waals surface area contributed by atoms with E-state index in [1.54, 1.807) is 6.20 Å². The molecule has 2 unspecified atom stereocenters. The highest BCUT2D eigenvalue weighted by molar-refractivity contribution is 6.31. The van der Waals surface area contributed by atoms with Crippen molar-refractivity contribution < 1.29 is 0 Å². The Kier molecular flexibility index (Phi) is 3.66. The molecule has 0 radical (unpaired) electrons. The predicted octanol–water partition coefficient (Wildman–Crippen LogP) is 4.61. The highest BCUT2D eigenvalue weighted by Crippen LogP contribution is 2.46. The molecule has 4 rings (SSSR count). The topological polar surface area (TPSA) is 64.8 Å². The molecule has 0 amide bonds. The Labute approximate surface area is 140 Å². The maximum absolute atomic E-state index is 9.90. The van der Waals surface area contributed by atoms with Crippen molar-refractivity contribution in [1.29, 1.82) is 5.26 Å². The second-order valence-electron chi connectivity index (χ2n) is 6.30. The zero-order valence-electron chi connectivity index (χ0n) is 12.7. The smallest absolute Gasteiger partial charge is 0.151 e. The van der Waals surface area contributed by atoms with Crippen LogP contribution >= 0.6 is 11.6 Å².